The van der Waals surface area contributed by atoms with Gasteiger partial charge in [-0.2, -0.15) is 0 Å². The van der Waals surface area contributed by atoms with Gasteiger partial charge in [-0.05, 0) is 39.8 Å². The average molecular weight is 292 g/mol. The molecule has 114 valence electrons. The van der Waals surface area contributed by atoms with Gasteiger partial charge in [-0.1, -0.05) is 5.21 Å². The second kappa shape index (κ2) is 6.11. The summed E-state index contributed by atoms with van der Waals surface area (Å²) >= 11 is 0. The van der Waals surface area contributed by atoms with Crippen molar-refractivity contribution in [2.45, 2.75) is 39.8 Å². The van der Waals surface area contributed by atoms with Crippen molar-refractivity contribution < 1.29 is 9.13 Å². The standard InChI is InChI=1S/C15H21FN4O/c1-5-21-14-7-6-11(8-13(14)16)17-9-12-10-20(19-18-12)15(2,3)4/h6-8,10,17H,5,9H2,1-4H3. The number of halogens is 1. The summed E-state index contributed by atoms with van der Waals surface area (Å²) in [4.78, 5) is 0. The lowest BCUT2D eigenvalue weighted by Crippen LogP contribution is -2.22. The molecule has 2 rings (SSSR count). The minimum Gasteiger partial charge on any atom is -0.491 e. The maximum atomic E-state index is 13.7. The van der Waals surface area contributed by atoms with Crippen LogP contribution in [0.25, 0.3) is 0 Å². The van der Waals surface area contributed by atoms with Crippen molar-refractivity contribution in [3.05, 3.63) is 35.9 Å². The number of aromatic nitrogens is 3. The van der Waals surface area contributed by atoms with Gasteiger partial charge in [-0.3, -0.25) is 0 Å². The lowest BCUT2D eigenvalue weighted by atomic mass is 10.1. The van der Waals surface area contributed by atoms with E-state index in [1.54, 1.807) is 12.1 Å². The summed E-state index contributed by atoms with van der Waals surface area (Å²) in [6.45, 7) is 8.93. The van der Waals surface area contributed by atoms with E-state index >= 15 is 0 Å². The fourth-order valence-corrected chi connectivity index (χ4v) is 1.78. The Morgan fingerprint density at radius 1 is 1.33 bits per heavy atom. The predicted octanol–water partition coefficient (Wildman–Crippen LogP) is 3.18. The van der Waals surface area contributed by atoms with Gasteiger partial charge in [0.25, 0.3) is 0 Å². The topological polar surface area (TPSA) is 52.0 Å². The Balaban J connectivity index is 2.00. The predicted molar refractivity (Wildman–Crippen MR) is 79.9 cm³/mol. The van der Waals surface area contributed by atoms with Gasteiger partial charge in [-0.25, -0.2) is 9.07 Å². The number of anilines is 1. The Hall–Kier alpha value is -2.11. The molecule has 0 aliphatic rings. The molecule has 0 amide bonds. The first-order chi connectivity index (χ1) is 9.90. The van der Waals surface area contributed by atoms with Gasteiger partial charge in [0.2, 0.25) is 0 Å². The summed E-state index contributed by atoms with van der Waals surface area (Å²) in [5.41, 5.74) is 1.39. The Labute approximate surface area is 124 Å². The van der Waals surface area contributed by atoms with Crippen LogP contribution in [0, 0.1) is 5.82 Å². The molecule has 0 atom stereocenters. The van der Waals surface area contributed by atoms with E-state index in [1.807, 2.05) is 17.8 Å². The zero-order valence-corrected chi connectivity index (χ0v) is 12.9. The molecule has 0 spiro atoms. The quantitative estimate of drug-likeness (QED) is 0.919. The summed E-state index contributed by atoms with van der Waals surface area (Å²) in [5, 5.41) is 11.3. The molecule has 1 heterocycles. The molecular weight excluding hydrogens is 271 g/mol. The second-order valence-corrected chi connectivity index (χ2v) is 5.76. The van der Waals surface area contributed by atoms with Crippen molar-refractivity contribution in [2.75, 3.05) is 11.9 Å². The molecule has 0 saturated carbocycles. The monoisotopic (exact) mass is 292 g/mol. The lowest BCUT2D eigenvalue weighted by molar-refractivity contribution is 0.321. The van der Waals surface area contributed by atoms with Crippen LogP contribution in [-0.2, 0) is 12.1 Å². The third-order valence-corrected chi connectivity index (χ3v) is 2.93. The Morgan fingerprint density at radius 2 is 2.10 bits per heavy atom. The number of hydrogen-bond donors (Lipinski definition) is 1. The van der Waals surface area contributed by atoms with Gasteiger partial charge < -0.3 is 10.1 Å². The molecule has 5 nitrogen and oxygen atoms in total. The lowest BCUT2D eigenvalue weighted by Gasteiger charge is -2.17. The smallest absolute Gasteiger partial charge is 0.167 e. The number of ether oxygens (including phenoxy) is 1. The number of hydrogen-bond acceptors (Lipinski definition) is 4. The van der Waals surface area contributed by atoms with Gasteiger partial charge >= 0.3 is 0 Å². The SMILES string of the molecule is CCOc1ccc(NCc2cn(C(C)(C)C)nn2)cc1F. The van der Waals surface area contributed by atoms with Crippen LogP contribution in [0.5, 0.6) is 5.75 Å². The first-order valence-corrected chi connectivity index (χ1v) is 6.98. The molecule has 0 bridgehead atoms. The number of benzene rings is 1. The molecule has 6 heteroatoms. The van der Waals surface area contributed by atoms with E-state index in [-0.39, 0.29) is 17.1 Å². The molecule has 1 N–H and O–H groups in total. The third kappa shape index (κ3) is 3.93. The van der Waals surface area contributed by atoms with Gasteiger partial charge in [0.15, 0.2) is 11.6 Å². The minimum absolute atomic E-state index is 0.101. The molecule has 0 unspecified atom stereocenters. The van der Waals surface area contributed by atoms with E-state index in [0.29, 0.717) is 18.8 Å². The fourth-order valence-electron chi connectivity index (χ4n) is 1.78. The van der Waals surface area contributed by atoms with Crippen LogP contribution in [0.3, 0.4) is 0 Å². The van der Waals surface area contributed by atoms with Crippen LogP contribution in [-0.4, -0.2) is 21.6 Å². The first-order valence-electron chi connectivity index (χ1n) is 6.98. The first kappa shape index (κ1) is 15.3. The highest BCUT2D eigenvalue weighted by atomic mass is 19.1. The van der Waals surface area contributed by atoms with Crippen molar-refractivity contribution in [3.63, 3.8) is 0 Å². The summed E-state index contributed by atoms with van der Waals surface area (Å²) in [7, 11) is 0. The third-order valence-electron chi connectivity index (χ3n) is 2.93. The van der Waals surface area contributed by atoms with Crippen molar-refractivity contribution in [2.24, 2.45) is 0 Å². The van der Waals surface area contributed by atoms with Crippen LogP contribution in [0.4, 0.5) is 10.1 Å². The summed E-state index contributed by atoms with van der Waals surface area (Å²) < 4.78 is 20.7. The highest BCUT2D eigenvalue weighted by Crippen LogP contribution is 2.21. The number of nitrogens with one attached hydrogen (secondary N) is 1. The maximum Gasteiger partial charge on any atom is 0.167 e. The van der Waals surface area contributed by atoms with E-state index in [2.05, 4.69) is 36.4 Å². The molecule has 21 heavy (non-hydrogen) atoms. The largest absolute Gasteiger partial charge is 0.491 e. The zero-order chi connectivity index (χ0) is 15.5. The van der Waals surface area contributed by atoms with E-state index in [4.69, 9.17) is 4.74 Å². The number of nitrogens with zero attached hydrogens (tertiary/aromatic N) is 3. The highest BCUT2D eigenvalue weighted by Gasteiger charge is 2.14. The van der Waals surface area contributed by atoms with E-state index in [1.165, 1.54) is 6.07 Å². The van der Waals surface area contributed by atoms with Gasteiger partial charge in [-0.15, -0.1) is 5.10 Å². The van der Waals surface area contributed by atoms with Gasteiger partial charge in [0.1, 0.15) is 5.69 Å². The summed E-state index contributed by atoms with van der Waals surface area (Å²) in [6.07, 6.45) is 1.89. The summed E-state index contributed by atoms with van der Waals surface area (Å²) in [5.74, 6) is -0.109. The van der Waals surface area contributed by atoms with Gasteiger partial charge in [0.05, 0.1) is 24.9 Å². The van der Waals surface area contributed by atoms with Crippen LogP contribution < -0.4 is 10.1 Å². The van der Waals surface area contributed by atoms with Crippen molar-refractivity contribution in [1.82, 2.24) is 15.0 Å². The molecule has 2 aromatic rings. The van der Waals surface area contributed by atoms with Crippen molar-refractivity contribution in [1.29, 1.82) is 0 Å². The fraction of sp³-hybridized carbons (Fsp3) is 0.467. The molecule has 1 aromatic heterocycles. The van der Waals surface area contributed by atoms with E-state index in [0.717, 1.165) is 5.69 Å². The Morgan fingerprint density at radius 3 is 2.67 bits per heavy atom. The normalized spacial score (nSPS) is 11.5. The molecule has 0 saturated heterocycles. The van der Waals surface area contributed by atoms with Crippen LogP contribution in [0.2, 0.25) is 0 Å². The van der Waals surface area contributed by atoms with E-state index < -0.39 is 0 Å². The average Bonchev–Trinajstić information content (AvgIpc) is 2.88. The van der Waals surface area contributed by atoms with Crippen LogP contribution in [0.15, 0.2) is 24.4 Å². The summed E-state index contributed by atoms with van der Waals surface area (Å²) in [6, 6.07) is 4.81. The molecule has 1 aromatic carbocycles. The minimum atomic E-state index is -0.375. The molecule has 0 radical (unpaired) electrons. The highest BCUT2D eigenvalue weighted by molar-refractivity contribution is 5.47. The molecule has 0 aliphatic heterocycles. The zero-order valence-electron chi connectivity index (χ0n) is 12.9. The maximum absolute atomic E-state index is 13.7. The Kier molecular flexibility index (Phi) is 4.45. The van der Waals surface area contributed by atoms with Crippen LogP contribution >= 0.6 is 0 Å². The molecule has 0 fully saturated rings. The molecular formula is C15H21FN4O. The Bertz CT molecular complexity index is 604. The second-order valence-electron chi connectivity index (χ2n) is 5.76. The van der Waals surface area contributed by atoms with E-state index in [9.17, 15) is 4.39 Å². The number of rotatable bonds is 5. The molecule has 0 aliphatic carbocycles. The van der Waals surface area contributed by atoms with Gasteiger partial charge in [0, 0.05) is 11.8 Å². The van der Waals surface area contributed by atoms with Crippen molar-refractivity contribution >= 4 is 5.69 Å². The van der Waals surface area contributed by atoms with Crippen LogP contribution in [0.1, 0.15) is 33.4 Å². The van der Waals surface area contributed by atoms with Crippen molar-refractivity contribution in [3.8, 4) is 5.75 Å².